The van der Waals surface area contributed by atoms with Crippen LogP contribution in [0, 0.1) is 6.92 Å². The number of hydrogen-bond donors (Lipinski definition) is 1. The Labute approximate surface area is 114 Å². The zero-order valence-corrected chi connectivity index (χ0v) is 12.0. The fourth-order valence-corrected chi connectivity index (χ4v) is 5.12. The molecular formula is C14H19NO3S. The van der Waals surface area contributed by atoms with Crippen LogP contribution in [0.3, 0.4) is 0 Å². The van der Waals surface area contributed by atoms with E-state index in [9.17, 15) is 13.5 Å². The van der Waals surface area contributed by atoms with Crippen LogP contribution in [0.5, 0.6) is 0 Å². The van der Waals surface area contributed by atoms with Crippen molar-refractivity contribution < 1.29 is 13.5 Å². The first kappa shape index (κ1) is 13.1. The van der Waals surface area contributed by atoms with E-state index < -0.39 is 15.6 Å². The Morgan fingerprint density at radius 2 is 1.95 bits per heavy atom. The van der Waals surface area contributed by atoms with Crippen LogP contribution >= 0.6 is 0 Å². The minimum Gasteiger partial charge on any atom is -0.388 e. The molecule has 4 nitrogen and oxygen atoms in total. The third-order valence-corrected chi connectivity index (χ3v) is 6.21. The number of aryl methyl sites for hydroxylation is 1. The molecule has 0 spiro atoms. The lowest BCUT2D eigenvalue weighted by atomic mass is 9.87. The van der Waals surface area contributed by atoms with Gasteiger partial charge in [-0.25, -0.2) is 8.42 Å². The highest BCUT2D eigenvalue weighted by molar-refractivity contribution is 7.89. The van der Waals surface area contributed by atoms with Gasteiger partial charge in [0.15, 0.2) is 0 Å². The minimum atomic E-state index is -3.46. The number of fused-ring (bicyclic) bond motifs is 1. The summed E-state index contributed by atoms with van der Waals surface area (Å²) >= 11 is 0. The van der Waals surface area contributed by atoms with E-state index in [1.54, 1.807) is 31.2 Å². The highest BCUT2D eigenvalue weighted by Gasteiger charge is 2.64. The number of nitrogens with zero attached hydrogens (tertiary/aromatic N) is 1. The van der Waals surface area contributed by atoms with Crippen LogP contribution in [0.2, 0.25) is 0 Å². The summed E-state index contributed by atoms with van der Waals surface area (Å²) < 4.78 is 26.6. The van der Waals surface area contributed by atoms with Crippen molar-refractivity contribution in [2.45, 2.75) is 55.7 Å². The van der Waals surface area contributed by atoms with Gasteiger partial charge in [0.25, 0.3) is 0 Å². The van der Waals surface area contributed by atoms with Gasteiger partial charge in [-0.2, -0.15) is 4.31 Å². The summed E-state index contributed by atoms with van der Waals surface area (Å²) in [5.74, 6) is 0. The average molecular weight is 281 g/mol. The van der Waals surface area contributed by atoms with Crippen molar-refractivity contribution in [1.29, 1.82) is 0 Å². The maximum atomic E-state index is 12.6. The molecule has 1 saturated heterocycles. The molecule has 1 N–H and O–H groups in total. The molecular weight excluding hydrogens is 262 g/mol. The van der Waals surface area contributed by atoms with Crippen LogP contribution in [-0.2, 0) is 10.0 Å². The minimum absolute atomic E-state index is 0.0185. The van der Waals surface area contributed by atoms with Crippen molar-refractivity contribution in [2.24, 2.45) is 0 Å². The summed E-state index contributed by atoms with van der Waals surface area (Å²) in [7, 11) is -3.46. The number of hydrogen-bond acceptors (Lipinski definition) is 3. The molecule has 0 amide bonds. The molecule has 0 bridgehead atoms. The standard InChI is InChI=1S/C14H19NO3S/c1-10-5-7-11(8-6-10)19(17,18)15-12-4-3-9-14(2,16)13(12)15/h5-8,12-13,16H,3-4,9H2,1-2H3/t12-,13-,14-,15?/m1/s1. The molecule has 19 heavy (non-hydrogen) atoms. The van der Waals surface area contributed by atoms with Crippen molar-refractivity contribution in [3.63, 3.8) is 0 Å². The fourth-order valence-electron chi connectivity index (χ4n) is 3.21. The third kappa shape index (κ3) is 2.00. The Hall–Kier alpha value is -0.910. The van der Waals surface area contributed by atoms with Crippen LogP contribution in [-0.4, -0.2) is 35.5 Å². The van der Waals surface area contributed by atoms with Gasteiger partial charge in [0.05, 0.1) is 16.5 Å². The van der Waals surface area contributed by atoms with Gasteiger partial charge in [-0.3, -0.25) is 0 Å². The molecule has 1 unspecified atom stereocenters. The lowest BCUT2D eigenvalue weighted by molar-refractivity contribution is 0.0318. The topological polar surface area (TPSA) is 57.4 Å². The Kier molecular flexibility index (Phi) is 2.78. The molecule has 104 valence electrons. The fraction of sp³-hybridized carbons (Fsp3) is 0.571. The SMILES string of the molecule is Cc1ccc(S(=O)(=O)N2[C@@H]3CCC[C@@](C)(O)[C@@H]32)cc1. The smallest absolute Gasteiger partial charge is 0.243 e. The molecule has 1 aliphatic carbocycles. The molecule has 0 radical (unpaired) electrons. The molecule has 2 aliphatic rings. The van der Waals surface area contributed by atoms with Gasteiger partial charge in [-0.15, -0.1) is 0 Å². The van der Waals surface area contributed by atoms with E-state index in [1.807, 2.05) is 6.92 Å². The lowest BCUT2D eigenvalue weighted by Gasteiger charge is -2.25. The molecule has 0 aromatic heterocycles. The molecule has 1 aromatic carbocycles. The Balaban J connectivity index is 1.93. The second kappa shape index (κ2) is 4.04. The Morgan fingerprint density at radius 1 is 1.32 bits per heavy atom. The first-order chi connectivity index (χ1) is 8.84. The molecule has 1 heterocycles. The summed E-state index contributed by atoms with van der Waals surface area (Å²) in [5.41, 5.74) is 0.148. The predicted molar refractivity (Wildman–Crippen MR) is 72.3 cm³/mol. The van der Waals surface area contributed by atoms with Crippen molar-refractivity contribution in [1.82, 2.24) is 4.31 Å². The number of rotatable bonds is 2. The van der Waals surface area contributed by atoms with Gasteiger partial charge >= 0.3 is 0 Å². The summed E-state index contributed by atoms with van der Waals surface area (Å²) in [6.45, 7) is 3.67. The van der Waals surface area contributed by atoms with Crippen molar-refractivity contribution in [3.8, 4) is 0 Å². The number of sulfonamides is 1. The summed E-state index contributed by atoms with van der Waals surface area (Å²) in [4.78, 5) is 0.322. The zero-order chi connectivity index (χ0) is 13.8. The average Bonchev–Trinajstić information content (AvgIpc) is 3.06. The van der Waals surface area contributed by atoms with Crippen LogP contribution in [0.4, 0.5) is 0 Å². The second-order valence-electron chi connectivity index (χ2n) is 5.91. The van der Waals surface area contributed by atoms with Gasteiger partial charge in [0, 0.05) is 6.04 Å². The van der Waals surface area contributed by atoms with Crippen LogP contribution in [0.1, 0.15) is 31.7 Å². The molecule has 4 atom stereocenters. The maximum absolute atomic E-state index is 12.6. The second-order valence-corrected chi connectivity index (χ2v) is 7.75. The number of aliphatic hydroxyl groups is 1. The Morgan fingerprint density at radius 3 is 2.53 bits per heavy atom. The first-order valence-corrected chi connectivity index (χ1v) is 8.11. The Bertz CT molecular complexity index is 592. The van der Waals surface area contributed by atoms with E-state index >= 15 is 0 Å². The first-order valence-electron chi connectivity index (χ1n) is 6.67. The highest BCUT2D eigenvalue weighted by atomic mass is 32.2. The quantitative estimate of drug-likeness (QED) is 0.839. The van der Waals surface area contributed by atoms with Gasteiger partial charge in [0.2, 0.25) is 10.0 Å². The molecule has 2 fully saturated rings. The van der Waals surface area contributed by atoms with E-state index in [4.69, 9.17) is 0 Å². The van der Waals surface area contributed by atoms with Crippen LogP contribution < -0.4 is 0 Å². The molecule has 1 aromatic rings. The largest absolute Gasteiger partial charge is 0.388 e. The zero-order valence-electron chi connectivity index (χ0n) is 11.2. The lowest BCUT2D eigenvalue weighted by Crippen LogP contribution is -2.37. The van der Waals surface area contributed by atoms with Crippen molar-refractivity contribution in [3.05, 3.63) is 29.8 Å². The van der Waals surface area contributed by atoms with Gasteiger partial charge in [-0.05, 0) is 45.2 Å². The third-order valence-electron chi connectivity index (χ3n) is 4.29. The van der Waals surface area contributed by atoms with Crippen LogP contribution in [0.25, 0.3) is 0 Å². The summed E-state index contributed by atoms with van der Waals surface area (Å²) in [6, 6.07) is 6.63. The van der Waals surface area contributed by atoms with E-state index in [0.717, 1.165) is 18.4 Å². The molecule has 5 heteroatoms. The predicted octanol–water partition coefficient (Wildman–Crippen LogP) is 1.67. The molecule has 3 rings (SSSR count). The monoisotopic (exact) mass is 281 g/mol. The van der Waals surface area contributed by atoms with E-state index in [-0.39, 0.29) is 12.1 Å². The van der Waals surface area contributed by atoms with E-state index in [0.29, 0.717) is 11.3 Å². The maximum Gasteiger partial charge on any atom is 0.243 e. The van der Waals surface area contributed by atoms with Gasteiger partial charge in [0.1, 0.15) is 0 Å². The summed E-state index contributed by atoms with van der Waals surface area (Å²) in [6.07, 6.45) is 2.41. The van der Waals surface area contributed by atoms with Gasteiger partial charge < -0.3 is 5.11 Å². The highest BCUT2D eigenvalue weighted by Crippen LogP contribution is 2.49. The molecule has 1 saturated carbocycles. The van der Waals surface area contributed by atoms with Crippen LogP contribution in [0.15, 0.2) is 29.2 Å². The number of benzene rings is 1. The molecule has 1 aliphatic heterocycles. The normalized spacial score (nSPS) is 37.7. The van der Waals surface area contributed by atoms with Crippen molar-refractivity contribution in [2.75, 3.05) is 0 Å². The van der Waals surface area contributed by atoms with Crippen molar-refractivity contribution >= 4 is 10.0 Å². The van der Waals surface area contributed by atoms with E-state index in [2.05, 4.69) is 0 Å². The van der Waals surface area contributed by atoms with Gasteiger partial charge in [-0.1, -0.05) is 17.7 Å². The summed E-state index contributed by atoms with van der Waals surface area (Å²) in [5, 5.41) is 10.3. The van der Waals surface area contributed by atoms with E-state index in [1.165, 1.54) is 4.31 Å².